The summed E-state index contributed by atoms with van der Waals surface area (Å²) in [6.07, 6.45) is 5.08. The molecular weight excluding hydrogens is 364 g/mol. The molecule has 1 aliphatic carbocycles. The van der Waals surface area contributed by atoms with Crippen molar-refractivity contribution in [2.75, 3.05) is 11.9 Å². The van der Waals surface area contributed by atoms with Crippen LogP contribution < -0.4 is 10.6 Å². The van der Waals surface area contributed by atoms with Crippen LogP contribution in [0.4, 0.5) is 11.4 Å². The Hall–Kier alpha value is -3.41. The van der Waals surface area contributed by atoms with Crippen LogP contribution >= 0.6 is 0 Å². The van der Waals surface area contributed by atoms with Crippen LogP contribution in [0.15, 0.2) is 54.9 Å². The standard InChI is InChI=1S/C23H24N4O2/c1-2-20(29)25-14-15-12-18-21(19(28)13-15)23(26-17-6-4-3-5-7-17)22(27-18)16-8-10-24-11-9-16/h3-11,15,26-27H,2,12-14H2,1H3,(H,25,29). The molecule has 6 nitrogen and oxygen atoms in total. The molecule has 0 saturated carbocycles. The third kappa shape index (κ3) is 4.06. The number of nitrogens with one attached hydrogen (secondary N) is 3. The molecule has 0 saturated heterocycles. The minimum Gasteiger partial charge on any atom is -0.356 e. The monoisotopic (exact) mass is 388 g/mol. The fraction of sp³-hybridized carbons (Fsp3) is 0.261. The molecule has 6 heteroatoms. The second kappa shape index (κ2) is 8.31. The molecule has 29 heavy (non-hydrogen) atoms. The number of Topliss-reactive ketones (excluding diaryl/α,β-unsaturated/α-hetero) is 1. The number of amides is 1. The summed E-state index contributed by atoms with van der Waals surface area (Å²) >= 11 is 0. The number of carbonyl (C=O) groups is 2. The van der Waals surface area contributed by atoms with E-state index >= 15 is 0 Å². The Morgan fingerprint density at radius 1 is 1.14 bits per heavy atom. The lowest BCUT2D eigenvalue weighted by Gasteiger charge is -2.22. The number of aromatic nitrogens is 2. The Kier molecular flexibility index (Phi) is 5.42. The first-order chi connectivity index (χ1) is 14.2. The summed E-state index contributed by atoms with van der Waals surface area (Å²) in [7, 11) is 0. The Bertz CT molecular complexity index is 1010. The number of para-hydroxylation sites is 1. The average molecular weight is 388 g/mol. The maximum atomic E-state index is 13.1. The fourth-order valence-corrected chi connectivity index (χ4v) is 3.79. The van der Waals surface area contributed by atoms with Gasteiger partial charge in [-0.15, -0.1) is 0 Å². The van der Waals surface area contributed by atoms with Crippen molar-refractivity contribution < 1.29 is 9.59 Å². The van der Waals surface area contributed by atoms with Crippen molar-refractivity contribution in [2.24, 2.45) is 5.92 Å². The van der Waals surface area contributed by atoms with E-state index in [1.54, 1.807) is 12.4 Å². The molecule has 1 aliphatic rings. The van der Waals surface area contributed by atoms with Crippen molar-refractivity contribution in [2.45, 2.75) is 26.2 Å². The normalized spacial score (nSPS) is 15.6. The minimum absolute atomic E-state index is 0.0126. The number of ketones is 1. The Morgan fingerprint density at radius 2 is 1.90 bits per heavy atom. The number of hydrogen-bond acceptors (Lipinski definition) is 4. The molecule has 0 spiro atoms. The van der Waals surface area contributed by atoms with Gasteiger partial charge < -0.3 is 15.6 Å². The van der Waals surface area contributed by atoms with Crippen molar-refractivity contribution in [3.8, 4) is 11.3 Å². The van der Waals surface area contributed by atoms with Gasteiger partial charge >= 0.3 is 0 Å². The summed E-state index contributed by atoms with van der Waals surface area (Å²) in [4.78, 5) is 32.3. The van der Waals surface area contributed by atoms with Gasteiger partial charge in [0.15, 0.2) is 5.78 Å². The number of hydrogen-bond donors (Lipinski definition) is 3. The van der Waals surface area contributed by atoms with Gasteiger partial charge in [-0.3, -0.25) is 14.6 Å². The number of H-pyrrole nitrogens is 1. The van der Waals surface area contributed by atoms with Crippen LogP contribution in [0.25, 0.3) is 11.3 Å². The van der Waals surface area contributed by atoms with Crippen molar-refractivity contribution in [3.05, 3.63) is 66.1 Å². The van der Waals surface area contributed by atoms with Crippen molar-refractivity contribution in [1.29, 1.82) is 0 Å². The second-order valence-electron chi connectivity index (χ2n) is 7.31. The predicted molar refractivity (Wildman–Crippen MR) is 113 cm³/mol. The molecule has 1 aromatic carbocycles. The predicted octanol–water partition coefficient (Wildman–Crippen LogP) is 4.09. The number of nitrogens with zero attached hydrogens (tertiary/aromatic N) is 1. The molecule has 0 aliphatic heterocycles. The van der Waals surface area contributed by atoms with Gasteiger partial charge in [0.25, 0.3) is 0 Å². The minimum atomic E-state index is 0.0126. The SMILES string of the molecule is CCC(=O)NCC1CC(=O)c2c([nH]c(-c3ccncc3)c2Nc2ccccc2)C1. The molecule has 1 amide bonds. The van der Waals surface area contributed by atoms with Gasteiger partial charge in [-0.2, -0.15) is 0 Å². The molecule has 2 aromatic heterocycles. The van der Waals surface area contributed by atoms with E-state index in [0.29, 0.717) is 19.4 Å². The lowest BCUT2D eigenvalue weighted by molar-refractivity contribution is -0.120. The van der Waals surface area contributed by atoms with Crippen molar-refractivity contribution >= 4 is 23.1 Å². The van der Waals surface area contributed by atoms with E-state index in [4.69, 9.17) is 0 Å². The Balaban J connectivity index is 1.70. The largest absolute Gasteiger partial charge is 0.356 e. The summed E-state index contributed by atoms with van der Waals surface area (Å²) in [6, 6.07) is 13.7. The number of rotatable bonds is 6. The molecule has 0 fully saturated rings. The number of anilines is 2. The summed E-state index contributed by atoms with van der Waals surface area (Å²) in [5, 5.41) is 6.36. The molecule has 1 unspecified atom stereocenters. The van der Waals surface area contributed by atoms with Gasteiger partial charge in [-0.1, -0.05) is 25.1 Å². The highest BCUT2D eigenvalue weighted by atomic mass is 16.1. The molecule has 1 atom stereocenters. The summed E-state index contributed by atoms with van der Waals surface area (Å²) in [5.74, 6) is 0.203. The van der Waals surface area contributed by atoms with E-state index in [1.807, 2.05) is 49.4 Å². The molecule has 2 heterocycles. The molecule has 3 aromatic rings. The maximum absolute atomic E-state index is 13.1. The zero-order valence-electron chi connectivity index (χ0n) is 16.4. The number of carbonyl (C=O) groups excluding carboxylic acids is 2. The third-order valence-electron chi connectivity index (χ3n) is 5.24. The quantitative estimate of drug-likeness (QED) is 0.594. The van der Waals surface area contributed by atoms with Crippen LogP contribution in [-0.2, 0) is 11.2 Å². The lowest BCUT2D eigenvalue weighted by atomic mass is 9.86. The van der Waals surface area contributed by atoms with E-state index < -0.39 is 0 Å². The van der Waals surface area contributed by atoms with Gasteiger partial charge in [0.2, 0.25) is 5.91 Å². The first-order valence-corrected chi connectivity index (χ1v) is 9.93. The lowest BCUT2D eigenvalue weighted by Crippen LogP contribution is -2.33. The van der Waals surface area contributed by atoms with Crippen LogP contribution in [-0.4, -0.2) is 28.2 Å². The highest BCUT2D eigenvalue weighted by Crippen LogP contribution is 2.39. The first kappa shape index (κ1) is 18.9. The Labute approximate surface area is 169 Å². The highest BCUT2D eigenvalue weighted by Gasteiger charge is 2.31. The van der Waals surface area contributed by atoms with E-state index in [9.17, 15) is 9.59 Å². The average Bonchev–Trinajstić information content (AvgIpc) is 3.12. The number of benzene rings is 1. The van der Waals surface area contributed by atoms with Crippen molar-refractivity contribution in [3.63, 3.8) is 0 Å². The zero-order valence-corrected chi connectivity index (χ0v) is 16.4. The van der Waals surface area contributed by atoms with E-state index in [2.05, 4.69) is 20.6 Å². The molecular formula is C23H24N4O2. The molecule has 3 N–H and O–H groups in total. The van der Waals surface area contributed by atoms with E-state index in [-0.39, 0.29) is 17.6 Å². The van der Waals surface area contributed by atoms with Crippen LogP contribution in [0, 0.1) is 5.92 Å². The maximum Gasteiger partial charge on any atom is 0.219 e. The topological polar surface area (TPSA) is 86.9 Å². The summed E-state index contributed by atoms with van der Waals surface area (Å²) in [6.45, 7) is 2.34. The number of aromatic amines is 1. The number of pyridine rings is 1. The first-order valence-electron chi connectivity index (χ1n) is 9.93. The second-order valence-corrected chi connectivity index (χ2v) is 7.31. The van der Waals surface area contributed by atoms with Crippen LogP contribution in [0.5, 0.6) is 0 Å². The molecule has 4 rings (SSSR count). The third-order valence-corrected chi connectivity index (χ3v) is 5.24. The van der Waals surface area contributed by atoms with Crippen molar-refractivity contribution in [1.82, 2.24) is 15.3 Å². The van der Waals surface area contributed by atoms with Gasteiger partial charge in [0, 0.05) is 48.7 Å². The summed E-state index contributed by atoms with van der Waals surface area (Å²) in [5.41, 5.74) is 5.22. The van der Waals surface area contributed by atoms with E-state index in [0.717, 1.165) is 40.3 Å². The van der Waals surface area contributed by atoms with Crippen LogP contribution in [0.1, 0.15) is 35.8 Å². The highest BCUT2D eigenvalue weighted by molar-refractivity contribution is 6.07. The fourth-order valence-electron chi connectivity index (χ4n) is 3.79. The smallest absolute Gasteiger partial charge is 0.219 e. The van der Waals surface area contributed by atoms with E-state index in [1.165, 1.54) is 0 Å². The van der Waals surface area contributed by atoms with Gasteiger partial charge in [-0.05, 0) is 36.6 Å². The zero-order chi connectivity index (χ0) is 20.2. The Morgan fingerprint density at radius 3 is 2.62 bits per heavy atom. The van der Waals surface area contributed by atoms with Crippen LogP contribution in [0.2, 0.25) is 0 Å². The number of fused-ring (bicyclic) bond motifs is 1. The van der Waals surface area contributed by atoms with Crippen LogP contribution in [0.3, 0.4) is 0 Å². The van der Waals surface area contributed by atoms with Gasteiger partial charge in [0.1, 0.15) is 0 Å². The summed E-state index contributed by atoms with van der Waals surface area (Å²) < 4.78 is 0. The molecule has 0 radical (unpaired) electrons. The van der Waals surface area contributed by atoms with Gasteiger partial charge in [-0.25, -0.2) is 0 Å². The van der Waals surface area contributed by atoms with Gasteiger partial charge in [0.05, 0.1) is 16.9 Å². The molecule has 148 valence electrons. The molecule has 0 bridgehead atoms.